The van der Waals surface area contributed by atoms with E-state index >= 15 is 0 Å². The molecule has 1 amide bonds. The number of methoxy groups -OCH3 is 1. The Kier molecular flexibility index (Phi) is 6.83. The van der Waals surface area contributed by atoms with Gasteiger partial charge in [0.05, 0.1) is 12.7 Å². The van der Waals surface area contributed by atoms with E-state index in [9.17, 15) is 9.59 Å². The van der Waals surface area contributed by atoms with Crippen LogP contribution in [-0.4, -0.2) is 47.8 Å². The molecule has 0 saturated heterocycles. The Bertz CT molecular complexity index is 716. The Labute approximate surface area is 173 Å². The minimum atomic E-state index is -0.548. The Morgan fingerprint density at radius 1 is 1.07 bits per heavy atom. The van der Waals surface area contributed by atoms with Gasteiger partial charge in [0, 0.05) is 24.7 Å². The van der Waals surface area contributed by atoms with Gasteiger partial charge < -0.3 is 19.7 Å². The Hall–Kier alpha value is -2.08. The number of carbonyl (C=O) groups is 2. The summed E-state index contributed by atoms with van der Waals surface area (Å²) in [6.45, 7) is 6.08. The lowest BCUT2D eigenvalue weighted by atomic mass is 9.90. The number of esters is 1. The number of ether oxygens (including phenoxy) is 2. The third-order valence-electron chi connectivity index (χ3n) is 5.52. The van der Waals surface area contributed by atoms with Crippen molar-refractivity contribution in [3.63, 3.8) is 0 Å². The van der Waals surface area contributed by atoms with Crippen molar-refractivity contribution in [1.29, 1.82) is 0 Å². The lowest BCUT2D eigenvalue weighted by Gasteiger charge is -2.38. The van der Waals surface area contributed by atoms with Crippen molar-refractivity contribution in [3.05, 3.63) is 35.4 Å². The number of nitrogens with one attached hydrogen (secondary N) is 1. The van der Waals surface area contributed by atoms with E-state index in [0.29, 0.717) is 24.2 Å². The highest BCUT2D eigenvalue weighted by atomic mass is 16.6. The van der Waals surface area contributed by atoms with Crippen LogP contribution in [0.15, 0.2) is 24.3 Å². The number of rotatable bonds is 6. The van der Waals surface area contributed by atoms with E-state index in [1.165, 1.54) is 20.0 Å². The first-order valence-electron chi connectivity index (χ1n) is 10.7. The number of hydrogen-bond donors (Lipinski definition) is 1. The van der Waals surface area contributed by atoms with Gasteiger partial charge in [0.1, 0.15) is 5.60 Å². The Balaban J connectivity index is 1.71. The summed E-state index contributed by atoms with van der Waals surface area (Å²) < 4.78 is 10.5. The molecular formula is C23H34N2O4. The van der Waals surface area contributed by atoms with Gasteiger partial charge in [-0.05, 0) is 77.0 Å². The van der Waals surface area contributed by atoms with Gasteiger partial charge in [0.2, 0.25) is 0 Å². The zero-order valence-corrected chi connectivity index (χ0v) is 18.1. The Morgan fingerprint density at radius 2 is 1.69 bits per heavy atom. The normalized spacial score (nSPS) is 22.1. The van der Waals surface area contributed by atoms with Crippen LogP contribution in [0.1, 0.15) is 75.2 Å². The third kappa shape index (κ3) is 6.46. The van der Waals surface area contributed by atoms with Gasteiger partial charge in [-0.3, -0.25) is 0 Å². The summed E-state index contributed by atoms with van der Waals surface area (Å²) in [5, 5.41) is 3.71. The van der Waals surface area contributed by atoms with Crippen molar-refractivity contribution >= 4 is 12.1 Å². The van der Waals surface area contributed by atoms with Crippen LogP contribution in [0, 0.1) is 0 Å². The highest BCUT2D eigenvalue weighted by Crippen LogP contribution is 2.29. The quantitative estimate of drug-likeness (QED) is 0.720. The van der Waals surface area contributed by atoms with Gasteiger partial charge in [-0.25, -0.2) is 9.59 Å². The second-order valence-electron chi connectivity index (χ2n) is 9.25. The van der Waals surface area contributed by atoms with Gasteiger partial charge in [0.25, 0.3) is 0 Å². The maximum Gasteiger partial charge on any atom is 0.410 e. The van der Waals surface area contributed by atoms with E-state index in [-0.39, 0.29) is 18.1 Å². The largest absolute Gasteiger partial charge is 0.465 e. The fraction of sp³-hybridized carbons (Fsp3) is 0.652. The smallest absolute Gasteiger partial charge is 0.410 e. The molecule has 0 heterocycles. The average molecular weight is 403 g/mol. The van der Waals surface area contributed by atoms with E-state index in [0.717, 1.165) is 31.2 Å². The summed E-state index contributed by atoms with van der Waals surface area (Å²) in [4.78, 5) is 26.7. The molecule has 2 fully saturated rings. The monoisotopic (exact) mass is 402 g/mol. The van der Waals surface area contributed by atoms with Gasteiger partial charge >= 0.3 is 12.1 Å². The molecule has 0 bridgehead atoms. The second-order valence-corrected chi connectivity index (χ2v) is 9.25. The average Bonchev–Trinajstić information content (AvgIpc) is 3.49. The Morgan fingerprint density at radius 3 is 2.24 bits per heavy atom. The van der Waals surface area contributed by atoms with E-state index in [1.807, 2.05) is 37.8 Å². The van der Waals surface area contributed by atoms with Crippen LogP contribution in [0.2, 0.25) is 0 Å². The molecule has 1 aromatic rings. The molecule has 2 aliphatic rings. The molecule has 6 nitrogen and oxygen atoms in total. The molecule has 3 rings (SSSR count). The lowest BCUT2D eigenvalue weighted by molar-refractivity contribution is 0.00878. The van der Waals surface area contributed by atoms with Crippen LogP contribution in [0.25, 0.3) is 0 Å². The summed E-state index contributed by atoms with van der Waals surface area (Å²) in [5.41, 5.74) is 0.844. The first-order valence-corrected chi connectivity index (χ1v) is 10.7. The van der Waals surface area contributed by atoms with E-state index in [4.69, 9.17) is 9.47 Å². The minimum Gasteiger partial charge on any atom is -0.465 e. The molecule has 0 atom stereocenters. The van der Waals surface area contributed by atoms with Crippen LogP contribution in [0.3, 0.4) is 0 Å². The van der Waals surface area contributed by atoms with Gasteiger partial charge in [0.15, 0.2) is 0 Å². The van der Waals surface area contributed by atoms with Gasteiger partial charge in [-0.2, -0.15) is 0 Å². The second kappa shape index (κ2) is 9.16. The summed E-state index contributed by atoms with van der Waals surface area (Å²) in [7, 11) is 1.37. The molecule has 1 aromatic carbocycles. The predicted octanol–water partition coefficient (Wildman–Crippen LogP) is 4.27. The molecule has 0 spiro atoms. The van der Waals surface area contributed by atoms with Crippen molar-refractivity contribution in [2.45, 2.75) is 89.6 Å². The van der Waals surface area contributed by atoms with E-state index in [2.05, 4.69) is 5.32 Å². The fourth-order valence-corrected chi connectivity index (χ4v) is 3.91. The zero-order chi connectivity index (χ0) is 21.0. The first-order chi connectivity index (χ1) is 13.7. The molecule has 0 aromatic heterocycles. The SMILES string of the molecule is COC(=O)c1cccc(CN(C(=O)OC(C)(C)C)C2CCC(NC3CC3)CC2)c1. The van der Waals surface area contributed by atoms with Crippen LogP contribution in [0.4, 0.5) is 4.79 Å². The maximum absolute atomic E-state index is 13.0. The third-order valence-corrected chi connectivity index (χ3v) is 5.52. The molecule has 6 heteroatoms. The number of benzene rings is 1. The molecule has 29 heavy (non-hydrogen) atoms. The standard InChI is InChI=1S/C23H34N2O4/c1-23(2,3)29-22(27)25(15-16-6-5-7-17(14-16)21(26)28-4)20-12-10-19(11-13-20)24-18-8-9-18/h5-7,14,18-20,24H,8-13,15H2,1-4H3. The number of carbonyl (C=O) groups excluding carboxylic acids is 2. The van der Waals surface area contributed by atoms with E-state index < -0.39 is 5.60 Å². The van der Waals surface area contributed by atoms with Crippen LogP contribution < -0.4 is 5.32 Å². The molecule has 0 unspecified atom stereocenters. The van der Waals surface area contributed by atoms with Crippen molar-refractivity contribution < 1.29 is 19.1 Å². The zero-order valence-electron chi connectivity index (χ0n) is 18.1. The lowest BCUT2D eigenvalue weighted by Crippen LogP contribution is -2.46. The van der Waals surface area contributed by atoms with Crippen LogP contribution in [-0.2, 0) is 16.0 Å². The molecule has 160 valence electrons. The molecule has 1 N–H and O–H groups in total. The summed E-state index contributed by atoms with van der Waals surface area (Å²) in [6.07, 6.45) is 6.35. The molecule has 2 saturated carbocycles. The summed E-state index contributed by atoms with van der Waals surface area (Å²) in [5.74, 6) is -0.373. The molecule has 0 radical (unpaired) electrons. The van der Waals surface area contributed by atoms with Crippen molar-refractivity contribution in [2.75, 3.05) is 7.11 Å². The van der Waals surface area contributed by atoms with Crippen molar-refractivity contribution in [1.82, 2.24) is 10.2 Å². The van der Waals surface area contributed by atoms with Gasteiger partial charge in [-0.15, -0.1) is 0 Å². The fourth-order valence-electron chi connectivity index (χ4n) is 3.91. The number of amides is 1. The number of nitrogens with zero attached hydrogens (tertiary/aromatic N) is 1. The molecule has 2 aliphatic carbocycles. The predicted molar refractivity (Wildman–Crippen MR) is 112 cm³/mol. The molecule has 0 aliphatic heterocycles. The minimum absolute atomic E-state index is 0.142. The van der Waals surface area contributed by atoms with Crippen molar-refractivity contribution in [2.24, 2.45) is 0 Å². The van der Waals surface area contributed by atoms with Gasteiger partial charge in [-0.1, -0.05) is 12.1 Å². The van der Waals surface area contributed by atoms with Crippen LogP contribution >= 0.6 is 0 Å². The first kappa shape index (κ1) is 21.6. The van der Waals surface area contributed by atoms with E-state index in [1.54, 1.807) is 12.1 Å². The number of hydrogen-bond acceptors (Lipinski definition) is 5. The highest BCUT2D eigenvalue weighted by molar-refractivity contribution is 5.89. The van der Waals surface area contributed by atoms with Crippen LogP contribution in [0.5, 0.6) is 0 Å². The topological polar surface area (TPSA) is 67.9 Å². The van der Waals surface area contributed by atoms with Crippen molar-refractivity contribution in [3.8, 4) is 0 Å². The summed E-state index contributed by atoms with van der Waals surface area (Å²) in [6, 6.07) is 8.69. The maximum atomic E-state index is 13.0. The summed E-state index contributed by atoms with van der Waals surface area (Å²) >= 11 is 0. The highest BCUT2D eigenvalue weighted by Gasteiger charge is 2.33. The molecular weight excluding hydrogens is 368 g/mol.